The standard InChI is InChI=1S/C10H10O4/c1-2-3-5-6(4-11)8(13)10-9(14-10)7(5)12/h2-3,9-11H,4H2,1H3/t9-,10+/m1/s1. The van der Waals surface area contributed by atoms with Crippen molar-refractivity contribution in [2.24, 2.45) is 0 Å². The lowest BCUT2D eigenvalue weighted by Gasteiger charge is -2.10. The van der Waals surface area contributed by atoms with Crippen LogP contribution in [0.1, 0.15) is 6.92 Å². The van der Waals surface area contributed by atoms with Gasteiger partial charge in [-0.1, -0.05) is 12.2 Å². The van der Waals surface area contributed by atoms with Crippen molar-refractivity contribution >= 4 is 11.6 Å². The van der Waals surface area contributed by atoms with Crippen LogP contribution in [0.4, 0.5) is 0 Å². The molecule has 0 bridgehead atoms. The van der Waals surface area contributed by atoms with Gasteiger partial charge in [0.15, 0.2) is 23.8 Å². The average molecular weight is 194 g/mol. The summed E-state index contributed by atoms with van der Waals surface area (Å²) in [4.78, 5) is 23.1. The number of Topliss-reactive ketones (excluding diaryl/α,β-unsaturated/α-hetero) is 2. The van der Waals surface area contributed by atoms with Crippen molar-refractivity contribution < 1.29 is 19.4 Å². The van der Waals surface area contributed by atoms with Gasteiger partial charge >= 0.3 is 0 Å². The predicted octanol–water partition coefficient (Wildman–Crippen LogP) is -0.229. The molecule has 2 atom stereocenters. The van der Waals surface area contributed by atoms with Gasteiger partial charge in [-0.05, 0) is 6.92 Å². The monoisotopic (exact) mass is 194 g/mol. The van der Waals surface area contributed by atoms with Crippen LogP contribution in [-0.4, -0.2) is 35.5 Å². The molecular weight excluding hydrogens is 184 g/mol. The zero-order valence-electron chi connectivity index (χ0n) is 7.69. The highest BCUT2D eigenvalue weighted by molar-refractivity contribution is 6.20. The summed E-state index contributed by atoms with van der Waals surface area (Å²) >= 11 is 0. The number of rotatable bonds is 2. The fourth-order valence-corrected chi connectivity index (χ4v) is 1.63. The highest BCUT2D eigenvalue weighted by atomic mass is 16.6. The molecule has 1 heterocycles. The van der Waals surface area contributed by atoms with E-state index in [4.69, 9.17) is 9.84 Å². The van der Waals surface area contributed by atoms with E-state index in [1.807, 2.05) is 0 Å². The third-order valence-electron chi connectivity index (χ3n) is 2.39. The van der Waals surface area contributed by atoms with Crippen molar-refractivity contribution in [2.45, 2.75) is 19.1 Å². The molecule has 0 radical (unpaired) electrons. The van der Waals surface area contributed by atoms with E-state index in [9.17, 15) is 9.59 Å². The maximum absolute atomic E-state index is 11.6. The predicted molar refractivity (Wildman–Crippen MR) is 47.6 cm³/mol. The molecule has 0 aromatic heterocycles. The number of aliphatic hydroxyl groups is 1. The number of carbonyl (C=O) groups excluding carboxylic acids is 2. The van der Waals surface area contributed by atoms with E-state index in [1.165, 1.54) is 0 Å². The molecule has 4 nitrogen and oxygen atoms in total. The van der Waals surface area contributed by atoms with E-state index in [2.05, 4.69) is 0 Å². The second-order valence-corrected chi connectivity index (χ2v) is 3.26. The van der Waals surface area contributed by atoms with E-state index in [-0.39, 0.29) is 17.1 Å². The van der Waals surface area contributed by atoms with E-state index in [0.29, 0.717) is 5.57 Å². The minimum Gasteiger partial charge on any atom is -0.392 e. The summed E-state index contributed by atoms with van der Waals surface area (Å²) in [6, 6.07) is 0. The van der Waals surface area contributed by atoms with Crippen LogP contribution >= 0.6 is 0 Å². The molecule has 1 aliphatic heterocycles. The van der Waals surface area contributed by atoms with E-state index in [0.717, 1.165) is 0 Å². The van der Waals surface area contributed by atoms with Gasteiger partial charge in [0.25, 0.3) is 0 Å². The van der Waals surface area contributed by atoms with Gasteiger partial charge < -0.3 is 9.84 Å². The summed E-state index contributed by atoms with van der Waals surface area (Å²) in [6.07, 6.45) is 1.99. The van der Waals surface area contributed by atoms with Crippen LogP contribution in [0.25, 0.3) is 0 Å². The molecule has 1 fully saturated rings. The van der Waals surface area contributed by atoms with Crippen molar-refractivity contribution in [3.63, 3.8) is 0 Å². The van der Waals surface area contributed by atoms with E-state index >= 15 is 0 Å². The molecule has 0 aromatic carbocycles. The Morgan fingerprint density at radius 3 is 2.57 bits per heavy atom. The highest BCUT2D eigenvalue weighted by Crippen LogP contribution is 2.35. The van der Waals surface area contributed by atoms with Gasteiger partial charge in [-0.2, -0.15) is 0 Å². The topological polar surface area (TPSA) is 66.9 Å². The Bertz CT molecular complexity index is 364. The molecule has 4 heteroatoms. The van der Waals surface area contributed by atoms with E-state index < -0.39 is 18.8 Å². The number of hydrogen-bond acceptors (Lipinski definition) is 4. The first-order valence-electron chi connectivity index (χ1n) is 4.41. The fraction of sp³-hybridized carbons (Fsp3) is 0.400. The normalized spacial score (nSPS) is 31.3. The Kier molecular flexibility index (Phi) is 2.09. The maximum atomic E-state index is 11.6. The number of allylic oxidation sites excluding steroid dienone is 2. The number of ketones is 2. The molecule has 74 valence electrons. The summed E-state index contributed by atoms with van der Waals surface area (Å²) in [5.41, 5.74) is 0.464. The molecule has 2 rings (SSSR count). The van der Waals surface area contributed by atoms with Crippen LogP contribution < -0.4 is 0 Å². The third-order valence-corrected chi connectivity index (χ3v) is 2.39. The third kappa shape index (κ3) is 1.15. The maximum Gasteiger partial charge on any atom is 0.195 e. The minimum atomic E-state index is -0.626. The molecule has 0 spiro atoms. The van der Waals surface area contributed by atoms with Crippen molar-refractivity contribution in [3.05, 3.63) is 23.3 Å². The summed E-state index contributed by atoms with van der Waals surface area (Å²) in [6.45, 7) is 1.34. The van der Waals surface area contributed by atoms with Gasteiger partial charge in [-0.3, -0.25) is 9.59 Å². The molecule has 1 saturated heterocycles. The Labute approximate surface area is 80.9 Å². The molecule has 2 aliphatic rings. The van der Waals surface area contributed by atoms with Crippen LogP contribution in [0.3, 0.4) is 0 Å². The van der Waals surface area contributed by atoms with Gasteiger partial charge in [0, 0.05) is 11.1 Å². The van der Waals surface area contributed by atoms with Crippen LogP contribution in [0, 0.1) is 0 Å². The number of epoxide rings is 1. The molecule has 1 aliphatic carbocycles. The second kappa shape index (κ2) is 3.15. The SMILES string of the molecule is CC=CC1=C(CO)C(=O)[C@@H]2O[C@@H]2C1=O. The van der Waals surface area contributed by atoms with Crippen molar-refractivity contribution in [2.75, 3.05) is 6.61 Å². The Balaban J connectivity index is 2.46. The molecule has 0 amide bonds. The molecule has 14 heavy (non-hydrogen) atoms. The van der Waals surface area contributed by atoms with Gasteiger partial charge in [-0.25, -0.2) is 0 Å². The summed E-state index contributed by atoms with van der Waals surface area (Å²) in [5.74, 6) is -0.457. The number of carbonyl (C=O) groups is 2. The molecule has 0 aromatic rings. The number of ether oxygens (including phenoxy) is 1. The quantitative estimate of drug-likeness (QED) is 0.616. The van der Waals surface area contributed by atoms with Crippen LogP contribution in [-0.2, 0) is 14.3 Å². The summed E-state index contributed by atoms with van der Waals surface area (Å²) in [7, 11) is 0. The van der Waals surface area contributed by atoms with E-state index in [1.54, 1.807) is 19.1 Å². The number of hydrogen-bond donors (Lipinski definition) is 1. The Hall–Kier alpha value is -1.26. The van der Waals surface area contributed by atoms with Crippen LogP contribution in [0.2, 0.25) is 0 Å². The number of fused-ring (bicyclic) bond motifs is 1. The first-order chi connectivity index (χ1) is 6.70. The van der Waals surface area contributed by atoms with Gasteiger partial charge in [-0.15, -0.1) is 0 Å². The van der Waals surface area contributed by atoms with Crippen LogP contribution in [0.5, 0.6) is 0 Å². The smallest absolute Gasteiger partial charge is 0.195 e. The lowest BCUT2D eigenvalue weighted by atomic mass is 9.90. The Morgan fingerprint density at radius 1 is 1.36 bits per heavy atom. The lowest BCUT2D eigenvalue weighted by molar-refractivity contribution is -0.120. The molecule has 0 unspecified atom stereocenters. The zero-order chi connectivity index (χ0) is 10.3. The highest BCUT2D eigenvalue weighted by Gasteiger charge is 2.55. The van der Waals surface area contributed by atoms with Gasteiger partial charge in [0.1, 0.15) is 0 Å². The van der Waals surface area contributed by atoms with Crippen LogP contribution in [0.15, 0.2) is 23.3 Å². The Morgan fingerprint density at radius 2 is 2.00 bits per heavy atom. The van der Waals surface area contributed by atoms with Crippen molar-refractivity contribution in [1.82, 2.24) is 0 Å². The van der Waals surface area contributed by atoms with Crippen molar-refractivity contribution in [1.29, 1.82) is 0 Å². The second-order valence-electron chi connectivity index (χ2n) is 3.26. The molecule has 1 N–H and O–H groups in total. The molecular formula is C10H10O4. The fourth-order valence-electron chi connectivity index (χ4n) is 1.63. The first-order valence-corrected chi connectivity index (χ1v) is 4.41. The van der Waals surface area contributed by atoms with Gasteiger partial charge in [0.2, 0.25) is 0 Å². The average Bonchev–Trinajstić information content (AvgIpc) is 2.94. The first kappa shape index (κ1) is 9.30. The largest absolute Gasteiger partial charge is 0.392 e. The summed E-state index contributed by atoms with van der Waals surface area (Å²) in [5, 5.41) is 8.99. The number of aliphatic hydroxyl groups excluding tert-OH is 1. The van der Waals surface area contributed by atoms with Gasteiger partial charge in [0.05, 0.1) is 6.61 Å². The lowest BCUT2D eigenvalue weighted by Crippen LogP contribution is -2.28. The zero-order valence-corrected chi connectivity index (χ0v) is 7.69. The van der Waals surface area contributed by atoms with Crippen molar-refractivity contribution in [3.8, 4) is 0 Å². The summed E-state index contributed by atoms with van der Waals surface area (Å²) < 4.78 is 4.93. The minimum absolute atomic E-state index is 0.173. The molecule has 0 saturated carbocycles.